The van der Waals surface area contributed by atoms with E-state index in [-0.39, 0.29) is 22.7 Å². The van der Waals surface area contributed by atoms with Gasteiger partial charge in [-0.25, -0.2) is 0 Å². The van der Waals surface area contributed by atoms with Crippen molar-refractivity contribution >= 4 is 35.1 Å². The summed E-state index contributed by atoms with van der Waals surface area (Å²) in [5, 5.41) is 17.4. The van der Waals surface area contributed by atoms with E-state index >= 15 is 0 Å². The third-order valence-corrected chi connectivity index (χ3v) is 8.85. The van der Waals surface area contributed by atoms with Crippen LogP contribution in [0, 0.1) is 17.8 Å². The van der Waals surface area contributed by atoms with Gasteiger partial charge in [0, 0.05) is 37.1 Å². The summed E-state index contributed by atoms with van der Waals surface area (Å²) in [6.45, 7) is 6.63. The van der Waals surface area contributed by atoms with Crippen LogP contribution < -0.4 is 26.6 Å². The van der Waals surface area contributed by atoms with Crippen LogP contribution in [0.4, 0.5) is 0 Å². The first-order valence-corrected chi connectivity index (χ1v) is 13.4. The molecular weight excluding hydrogens is 447 g/mol. The topological polar surface area (TPSA) is 89.6 Å². The highest BCUT2D eigenvalue weighted by Gasteiger charge is 2.37. The number of piperidine rings is 2. The predicted octanol–water partition coefficient (Wildman–Crippen LogP) is 1.79. The Balaban J connectivity index is 1.33. The molecule has 5 N–H and O–H groups in total. The van der Waals surface area contributed by atoms with Crippen molar-refractivity contribution in [3.63, 3.8) is 0 Å². The molecule has 0 aromatic heterocycles. The fourth-order valence-corrected chi connectivity index (χ4v) is 6.47. The molecule has 2 saturated heterocycles. The molecule has 8 unspecified atom stereocenters. The van der Waals surface area contributed by atoms with Crippen LogP contribution in [0.25, 0.3) is 0 Å². The SMILES string of the molecule is CC1CC(C2CC(CNC3=NCCN3)CC(C(=O)NCC3CCC(Cl)C(Cl)C3)N2)CCN1. The van der Waals surface area contributed by atoms with Crippen molar-refractivity contribution in [2.75, 3.05) is 32.7 Å². The van der Waals surface area contributed by atoms with Crippen LogP contribution in [0.3, 0.4) is 0 Å². The predicted molar refractivity (Wildman–Crippen MR) is 132 cm³/mol. The largest absolute Gasteiger partial charge is 0.356 e. The zero-order valence-electron chi connectivity index (χ0n) is 19.2. The average molecular weight is 488 g/mol. The summed E-state index contributed by atoms with van der Waals surface area (Å²) in [7, 11) is 0. The Morgan fingerprint density at radius 3 is 2.66 bits per heavy atom. The van der Waals surface area contributed by atoms with Crippen molar-refractivity contribution in [3.8, 4) is 0 Å². The number of carbonyl (C=O) groups excluding carboxylic acids is 1. The number of alkyl halides is 2. The molecule has 0 aromatic carbocycles. The maximum Gasteiger partial charge on any atom is 0.237 e. The first-order chi connectivity index (χ1) is 15.5. The minimum Gasteiger partial charge on any atom is -0.356 e. The first kappa shape index (κ1) is 24.4. The van der Waals surface area contributed by atoms with Gasteiger partial charge in [-0.3, -0.25) is 9.79 Å². The summed E-state index contributed by atoms with van der Waals surface area (Å²) >= 11 is 12.6. The smallest absolute Gasteiger partial charge is 0.237 e. The highest BCUT2D eigenvalue weighted by atomic mass is 35.5. The lowest BCUT2D eigenvalue weighted by atomic mass is 9.77. The van der Waals surface area contributed by atoms with Gasteiger partial charge in [0.25, 0.3) is 0 Å². The highest BCUT2D eigenvalue weighted by molar-refractivity contribution is 6.30. The first-order valence-electron chi connectivity index (χ1n) is 12.6. The van der Waals surface area contributed by atoms with E-state index in [2.05, 4.69) is 38.5 Å². The molecule has 1 aliphatic carbocycles. The van der Waals surface area contributed by atoms with Gasteiger partial charge >= 0.3 is 0 Å². The Morgan fingerprint density at radius 2 is 1.91 bits per heavy atom. The van der Waals surface area contributed by atoms with E-state index < -0.39 is 0 Å². The monoisotopic (exact) mass is 486 g/mol. The molecule has 1 saturated carbocycles. The zero-order valence-corrected chi connectivity index (χ0v) is 20.7. The molecule has 0 aromatic rings. The van der Waals surface area contributed by atoms with Crippen molar-refractivity contribution in [1.82, 2.24) is 26.6 Å². The maximum absolute atomic E-state index is 13.2. The summed E-state index contributed by atoms with van der Waals surface area (Å²) in [5.41, 5.74) is 0. The molecule has 4 rings (SSSR count). The molecule has 0 radical (unpaired) electrons. The minimum atomic E-state index is -0.139. The van der Waals surface area contributed by atoms with Crippen LogP contribution in [0.15, 0.2) is 4.99 Å². The summed E-state index contributed by atoms with van der Waals surface area (Å²) in [4.78, 5) is 17.6. The van der Waals surface area contributed by atoms with E-state index in [1.54, 1.807) is 0 Å². The molecule has 32 heavy (non-hydrogen) atoms. The van der Waals surface area contributed by atoms with Gasteiger partial charge in [0.1, 0.15) is 0 Å². The third kappa shape index (κ3) is 6.64. The Kier molecular flexibility index (Phi) is 8.82. The van der Waals surface area contributed by atoms with Gasteiger partial charge in [-0.2, -0.15) is 0 Å². The van der Waals surface area contributed by atoms with E-state index in [1.165, 1.54) is 12.8 Å². The Bertz CT molecular complexity index is 664. The van der Waals surface area contributed by atoms with E-state index in [9.17, 15) is 4.79 Å². The lowest BCUT2D eigenvalue weighted by molar-refractivity contribution is -0.125. The van der Waals surface area contributed by atoms with Crippen molar-refractivity contribution in [3.05, 3.63) is 0 Å². The van der Waals surface area contributed by atoms with Crippen molar-refractivity contribution < 1.29 is 4.79 Å². The van der Waals surface area contributed by atoms with Gasteiger partial charge in [0.05, 0.1) is 18.0 Å². The standard InChI is InChI=1S/C23H40Cl2N6O/c1-14-8-17(4-5-26-14)20-10-16(13-30-23-27-6-7-28-23)11-21(31-20)22(32)29-12-15-2-3-18(24)19(25)9-15/h14-21,26,31H,2-13H2,1H3,(H,29,32)(H2,27,28,30). The summed E-state index contributed by atoms with van der Waals surface area (Å²) in [6.07, 6.45) is 7.14. The van der Waals surface area contributed by atoms with E-state index in [4.69, 9.17) is 23.2 Å². The molecule has 3 aliphatic heterocycles. The van der Waals surface area contributed by atoms with E-state index in [0.29, 0.717) is 36.4 Å². The molecule has 1 amide bonds. The second-order valence-corrected chi connectivity index (χ2v) is 11.4. The van der Waals surface area contributed by atoms with Crippen molar-refractivity contribution in [2.24, 2.45) is 22.7 Å². The van der Waals surface area contributed by atoms with Gasteiger partial charge < -0.3 is 26.6 Å². The van der Waals surface area contributed by atoms with E-state index in [1.807, 2.05) is 0 Å². The van der Waals surface area contributed by atoms with Crippen LogP contribution in [0.1, 0.15) is 51.9 Å². The quantitative estimate of drug-likeness (QED) is 0.369. The number of amides is 1. The minimum absolute atomic E-state index is 0.00831. The zero-order chi connectivity index (χ0) is 22.5. The number of aliphatic imine (C=N–C) groups is 1. The normalized spacial score (nSPS) is 40.3. The fourth-order valence-electron chi connectivity index (χ4n) is 5.87. The second kappa shape index (κ2) is 11.6. The third-order valence-electron chi connectivity index (χ3n) is 7.72. The Labute approximate surface area is 202 Å². The highest BCUT2D eigenvalue weighted by Crippen LogP contribution is 2.32. The number of hydrogen-bond acceptors (Lipinski definition) is 6. The molecule has 3 heterocycles. The molecule has 0 bridgehead atoms. The van der Waals surface area contributed by atoms with Gasteiger partial charge in [-0.05, 0) is 76.2 Å². The van der Waals surface area contributed by atoms with Gasteiger partial charge in [0.15, 0.2) is 5.96 Å². The molecule has 7 nitrogen and oxygen atoms in total. The molecule has 9 heteroatoms. The van der Waals surface area contributed by atoms with Crippen LogP contribution in [-0.2, 0) is 4.79 Å². The average Bonchev–Trinajstić information content (AvgIpc) is 3.32. The van der Waals surface area contributed by atoms with Gasteiger partial charge in [0.2, 0.25) is 5.91 Å². The van der Waals surface area contributed by atoms with Gasteiger partial charge in [-0.15, -0.1) is 23.2 Å². The molecular formula is C23H40Cl2N6O. The summed E-state index contributed by atoms with van der Waals surface area (Å²) in [6, 6.07) is 0.785. The fraction of sp³-hybridized carbons (Fsp3) is 0.913. The number of halogens is 2. The number of rotatable bonds is 6. The summed E-state index contributed by atoms with van der Waals surface area (Å²) in [5.74, 6) is 2.53. The lowest BCUT2D eigenvalue weighted by Gasteiger charge is -2.42. The second-order valence-electron chi connectivity index (χ2n) is 10.3. The van der Waals surface area contributed by atoms with Crippen LogP contribution >= 0.6 is 23.2 Å². The van der Waals surface area contributed by atoms with Crippen molar-refractivity contribution in [1.29, 1.82) is 0 Å². The van der Waals surface area contributed by atoms with Crippen molar-refractivity contribution in [2.45, 2.75) is 80.7 Å². The van der Waals surface area contributed by atoms with Gasteiger partial charge in [-0.1, -0.05) is 0 Å². The number of nitrogens with one attached hydrogen (secondary N) is 5. The van der Waals surface area contributed by atoms with Crippen LogP contribution in [-0.4, -0.2) is 73.5 Å². The summed E-state index contributed by atoms with van der Waals surface area (Å²) < 4.78 is 0. The van der Waals surface area contributed by atoms with Crippen LogP contribution in [0.2, 0.25) is 0 Å². The molecule has 4 aliphatic rings. The molecule has 3 fully saturated rings. The molecule has 182 valence electrons. The maximum atomic E-state index is 13.2. The molecule has 0 spiro atoms. The Hall–Kier alpha value is -0.760. The van der Waals surface area contributed by atoms with Crippen LogP contribution in [0.5, 0.6) is 0 Å². The number of nitrogens with zero attached hydrogens (tertiary/aromatic N) is 1. The Morgan fingerprint density at radius 1 is 1.03 bits per heavy atom. The number of guanidine groups is 1. The number of hydrogen-bond donors (Lipinski definition) is 5. The van der Waals surface area contributed by atoms with E-state index in [0.717, 1.165) is 64.2 Å². The molecule has 8 atom stereocenters. The lowest BCUT2D eigenvalue weighted by Crippen LogP contribution is -2.58. The number of carbonyl (C=O) groups is 1.